The molecule has 1 heterocycles. The smallest absolute Gasteiger partial charge is 0.341 e. The lowest BCUT2D eigenvalue weighted by Crippen LogP contribution is -2.06. The number of hydrogen-bond donors (Lipinski definition) is 2. The molecule has 2 rings (SSSR count). The molecule has 6 nitrogen and oxygen atoms in total. The Bertz CT molecular complexity index is 619. The van der Waals surface area contributed by atoms with E-state index < -0.39 is 11.8 Å². The summed E-state index contributed by atoms with van der Waals surface area (Å²) in [5, 5.41) is 19.0. The van der Waals surface area contributed by atoms with Gasteiger partial charge in [0.2, 0.25) is 5.88 Å². The van der Waals surface area contributed by atoms with Crippen molar-refractivity contribution < 1.29 is 19.0 Å². The molecule has 19 heavy (non-hydrogen) atoms. The molecule has 0 atom stereocenters. The monoisotopic (exact) mass is 263 g/mol. The molecule has 7 heteroatoms. The minimum absolute atomic E-state index is 0.105. The number of ether oxygens (including phenoxy) is 1. The molecule has 1 aromatic heterocycles. The van der Waals surface area contributed by atoms with Gasteiger partial charge in [0.05, 0.1) is 12.8 Å². The van der Waals surface area contributed by atoms with Crippen molar-refractivity contribution in [1.82, 2.24) is 10.2 Å². The van der Waals surface area contributed by atoms with Crippen LogP contribution in [0.5, 0.6) is 5.88 Å². The van der Waals surface area contributed by atoms with Gasteiger partial charge in [0, 0.05) is 6.07 Å². The summed E-state index contributed by atoms with van der Waals surface area (Å²) in [4.78, 5) is 11.0. The molecule has 0 amide bonds. The number of benzene rings is 1. The topological polar surface area (TPSA) is 84.3 Å². The van der Waals surface area contributed by atoms with Crippen LogP contribution in [0.15, 0.2) is 30.3 Å². The predicted molar refractivity (Wildman–Crippen MR) is 65.2 cm³/mol. The Morgan fingerprint density at radius 2 is 2.11 bits per heavy atom. The molecule has 0 aliphatic rings. The summed E-state index contributed by atoms with van der Waals surface area (Å²) in [6.07, 6.45) is 0. The van der Waals surface area contributed by atoms with Gasteiger partial charge in [-0.1, -0.05) is 12.1 Å². The number of carbonyl (C=O) groups is 1. The second kappa shape index (κ2) is 5.30. The zero-order chi connectivity index (χ0) is 13.8. The van der Waals surface area contributed by atoms with E-state index in [0.29, 0.717) is 0 Å². The Balaban J connectivity index is 2.34. The number of hydrogen-bond acceptors (Lipinski definition) is 5. The van der Waals surface area contributed by atoms with Gasteiger partial charge in [-0.3, -0.25) is 0 Å². The molecule has 1 aromatic carbocycles. The van der Waals surface area contributed by atoms with E-state index in [1.165, 1.54) is 25.3 Å². The highest BCUT2D eigenvalue weighted by Gasteiger charge is 2.15. The number of aromatic carboxylic acids is 1. The number of nitrogens with one attached hydrogen (secondary N) is 1. The van der Waals surface area contributed by atoms with Crippen molar-refractivity contribution in [1.29, 1.82) is 0 Å². The number of nitrogens with zero attached hydrogens (tertiary/aromatic N) is 2. The van der Waals surface area contributed by atoms with E-state index in [9.17, 15) is 9.18 Å². The van der Waals surface area contributed by atoms with Crippen LogP contribution in [0.1, 0.15) is 10.4 Å². The molecule has 0 unspecified atom stereocenters. The lowest BCUT2D eigenvalue weighted by atomic mass is 10.2. The summed E-state index contributed by atoms with van der Waals surface area (Å²) in [6.45, 7) is 0. The van der Waals surface area contributed by atoms with Gasteiger partial charge in [-0.25, -0.2) is 9.18 Å². The fourth-order valence-electron chi connectivity index (χ4n) is 1.45. The summed E-state index contributed by atoms with van der Waals surface area (Å²) in [5.74, 6) is -1.67. The second-order valence-corrected chi connectivity index (χ2v) is 3.56. The number of carboxylic acids is 1. The van der Waals surface area contributed by atoms with Gasteiger partial charge in [0.1, 0.15) is 11.4 Å². The van der Waals surface area contributed by atoms with Crippen molar-refractivity contribution in [2.24, 2.45) is 0 Å². The number of anilines is 2. The Morgan fingerprint density at radius 1 is 1.37 bits per heavy atom. The molecule has 0 aliphatic carbocycles. The number of para-hydroxylation sites is 1. The van der Waals surface area contributed by atoms with E-state index in [2.05, 4.69) is 15.5 Å². The largest absolute Gasteiger partial charge is 0.479 e. The molecule has 98 valence electrons. The van der Waals surface area contributed by atoms with E-state index in [4.69, 9.17) is 9.84 Å². The SMILES string of the molecule is COc1nnc(Nc2ccccc2F)cc1C(=O)O. The summed E-state index contributed by atoms with van der Waals surface area (Å²) in [7, 11) is 1.29. The molecule has 0 saturated carbocycles. The van der Waals surface area contributed by atoms with Crippen LogP contribution in [0, 0.1) is 5.82 Å². The summed E-state index contributed by atoms with van der Waals surface area (Å²) in [6, 6.07) is 7.18. The fourth-order valence-corrected chi connectivity index (χ4v) is 1.45. The molecule has 0 spiro atoms. The molecule has 0 aliphatic heterocycles. The number of methoxy groups -OCH3 is 1. The maximum Gasteiger partial charge on any atom is 0.341 e. The Morgan fingerprint density at radius 3 is 2.74 bits per heavy atom. The lowest BCUT2D eigenvalue weighted by Gasteiger charge is -2.08. The molecule has 0 saturated heterocycles. The number of halogens is 1. The van der Waals surface area contributed by atoms with Crippen molar-refractivity contribution in [3.8, 4) is 5.88 Å². The Hall–Kier alpha value is -2.70. The van der Waals surface area contributed by atoms with E-state index in [1.807, 2.05) is 0 Å². The fraction of sp³-hybridized carbons (Fsp3) is 0.0833. The summed E-state index contributed by atoms with van der Waals surface area (Å²) in [5.41, 5.74) is 0.0228. The first-order valence-electron chi connectivity index (χ1n) is 5.28. The first-order chi connectivity index (χ1) is 9.11. The third kappa shape index (κ3) is 2.76. The summed E-state index contributed by atoms with van der Waals surface area (Å²) < 4.78 is 18.2. The Kier molecular flexibility index (Phi) is 3.56. The average molecular weight is 263 g/mol. The van der Waals surface area contributed by atoms with Crippen LogP contribution in [-0.4, -0.2) is 28.4 Å². The first-order valence-corrected chi connectivity index (χ1v) is 5.28. The third-order valence-corrected chi connectivity index (χ3v) is 2.32. The van der Waals surface area contributed by atoms with Crippen LogP contribution in [0.25, 0.3) is 0 Å². The number of rotatable bonds is 4. The van der Waals surface area contributed by atoms with Gasteiger partial charge in [-0.15, -0.1) is 10.2 Å². The third-order valence-electron chi connectivity index (χ3n) is 2.32. The van der Waals surface area contributed by atoms with Gasteiger partial charge < -0.3 is 15.2 Å². The highest BCUT2D eigenvalue weighted by atomic mass is 19.1. The van der Waals surface area contributed by atoms with E-state index >= 15 is 0 Å². The van der Waals surface area contributed by atoms with Crippen molar-refractivity contribution in [2.45, 2.75) is 0 Å². The van der Waals surface area contributed by atoms with Crippen LogP contribution in [-0.2, 0) is 0 Å². The number of aromatic nitrogens is 2. The standard InChI is InChI=1S/C12H10FN3O3/c1-19-11-7(12(17)18)6-10(15-16-11)14-9-5-3-2-4-8(9)13/h2-6H,1H3,(H,14,15)(H,17,18). The lowest BCUT2D eigenvalue weighted by molar-refractivity contribution is 0.0692. The average Bonchev–Trinajstić information content (AvgIpc) is 2.41. The van der Waals surface area contributed by atoms with Crippen molar-refractivity contribution >= 4 is 17.5 Å². The predicted octanol–water partition coefficient (Wildman–Crippen LogP) is 2.07. The van der Waals surface area contributed by atoms with Gasteiger partial charge >= 0.3 is 5.97 Å². The van der Waals surface area contributed by atoms with Crippen LogP contribution < -0.4 is 10.1 Å². The van der Waals surface area contributed by atoms with Crippen LogP contribution in [0.4, 0.5) is 15.9 Å². The highest BCUT2D eigenvalue weighted by molar-refractivity contribution is 5.91. The normalized spacial score (nSPS) is 10.0. The minimum Gasteiger partial charge on any atom is -0.479 e. The molecule has 0 fully saturated rings. The van der Waals surface area contributed by atoms with E-state index in [1.54, 1.807) is 12.1 Å². The van der Waals surface area contributed by atoms with Gasteiger partial charge in [-0.2, -0.15) is 0 Å². The highest BCUT2D eigenvalue weighted by Crippen LogP contribution is 2.21. The van der Waals surface area contributed by atoms with Crippen molar-refractivity contribution in [3.63, 3.8) is 0 Å². The maximum atomic E-state index is 13.4. The summed E-state index contributed by atoms with van der Waals surface area (Å²) >= 11 is 0. The van der Waals surface area contributed by atoms with Crippen molar-refractivity contribution in [3.05, 3.63) is 41.7 Å². The van der Waals surface area contributed by atoms with Gasteiger partial charge in [0.25, 0.3) is 0 Å². The van der Waals surface area contributed by atoms with Crippen molar-refractivity contribution in [2.75, 3.05) is 12.4 Å². The van der Waals surface area contributed by atoms with Gasteiger partial charge in [0.15, 0.2) is 5.82 Å². The quantitative estimate of drug-likeness (QED) is 0.878. The minimum atomic E-state index is -1.21. The molecular formula is C12H10FN3O3. The Labute approximate surface area is 107 Å². The second-order valence-electron chi connectivity index (χ2n) is 3.56. The van der Waals surface area contributed by atoms with E-state index in [0.717, 1.165) is 0 Å². The molecule has 0 radical (unpaired) electrons. The van der Waals surface area contributed by atoms with E-state index in [-0.39, 0.29) is 22.9 Å². The first kappa shape index (κ1) is 12.7. The zero-order valence-corrected chi connectivity index (χ0v) is 9.92. The molecular weight excluding hydrogens is 253 g/mol. The zero-order valence-electron chi connectivity index (χ0n) is 9.92. The molecule has 2 N–H and O–H groups in total. The van der Waals surface area contributed by atoms with Crippen LogP contribution >= 0.6 is 0 Å². The van der Waals surface area contributed by atoms with Crippen LogP contribution in [0.2, 0.25) is 0 Å². The van der Waals surface area contributed by atoms with Crippen LogP contribution in [0.3, 0.4) is 0 Å². The molecule has 2 aromatic rings. The maximum absolute atomic E-state index is 13.4. The molecule has 0 bridgehead atoms. The number of carboxylic acid groups (broad SMARTS) is 1. The van der Waals surface area contributed by atoms with Gasteiger partial charge in [-0.05, 0) is 12.1 Å².